The van der Waals surface area contributed by atoms with E-state index in [-0.39, 0.29) is 22.8 Å². The number of nitrogen functional groups attached to an aromatic ring is 1. The fourth-order valence-corrected chi connectivity index (χ4v) is 2.69. The van der Waals surface area contributed by atoms with Crippen molar-refractivity contribution < 1.29 is 14.0 Å². The van der Waals surface area contributed by atoms with Crippen LogP contribution in [0, 0.1) is 11.2 Å². The van der Waals surface area contributed by atoms with Gasteiger partial charge in [-0.2, -0.15) is 5.01 Å². The van der Waals surface area contributed by atoms with Crippen molar-refractivity contribution in [1.82, 2.24) is 10.4 Å². The van der Waals surface area contributed by atoms with Gasteiger partial charge in [-0.1, -0.05) is 18.2 Å². The molecule has 1 aromatic heterocycles. The van der Waals surface area contributed by atoms with Crippen molar-refractivity contribution in [2.45, 2.75) is 0 Å². The number of anilines is 1. The van der Waals surface area contributed by atoms with Gasteiger partial charge in [0, 0.05) is 27.4 Å². The minimum absolute atomic E-state index is 0.0393. The summed E-state index contributed by atoms with van der Waals surface area (Å²) in [6, 6.07) is 14.4. The average molecular weight is 456 g/mol. The number of carbonyl (C=O) groups excluding carboxylic acids is 2. The van der Waals surface area contributed by atoms with Gasteiger partial charge in [-0.3, -0.25) is 20.4 Å². The Morgan fingerprint density at radius 3 is 2.38 bits per heavy atom. The van der Waals surface area contributed by atoms with Crippen molar-refractivity contribution in [3.05, 3.63) is 93.8 Å². The van der Waals surface area contributed by atoms with Gasteiger partial charge in [0.2, 0.25) is 0 Å². The molecule has 7 nitrogen and oxygen atoms in total. The van der Waals surface area contributed by atoms with Crippen molar-refractivity contribution >= 4 is 39.4 Å². The molecule has 0 fully saturated rings. The van der Waals surface area contributed by atoms with Crippen LogP contribution in [0.4, 0.5) is 10.2 Å². The van der Waals surface area contributed by atoms with Crippen LogP contribution in [0.2, 0.25) is 0 Å². The normalized spacial score (nSPS) is 10.3. The second-order valence-corrected chi connectivity index (χ2v) is 6.84. The summed E-state index contributed by atoms with van der Waals surface area (Å²) in [5, 5.41) is 8.50. The quantitative estimate of drug-likeness (QED) is 0.318. The number of amides is 2. The lowest BCUT2D eigenvalue weighted by molar-refractivity contribution is 0.0886. The molecule has 0 radical (unpaired) electrons. The summed E-state index contributed by atoms with van der Waals surface area (Å²) in [6.45, 7) is 0. The largest absolute Gasteiger partial charge is 0.384 e. The molecule has 1 heterocycles. The van der Waals surface area contributed by atoms with Crippen LogP contribution >= 0.6 is 15.9 Å². The number of aromatic nitrogens is 1. The highest BCUT2D eigenvalue weighted by Crippen LogP contribution is 2.17. The van der Waals surface area contributed by atoms with Crippen LogP contribution in [-0.2, 0) is 0 Å². The molecule has 29 heavy (non-hydrogen) atoms. The maximum atomic E-state index is 13.5. The number of nitrogens with zero attached hydrogens (tertiary/aromatic N) is 2. The number of hydrogen-bond donors (Lipinski definition) is 3. The Kier molecular flexibility index (Phi) is 5.99. The van der Waals surface area contributed by atoms with Gasteiger partial charge in [-0.15, -0.1) is 0 Å². The third-order valence-corrected chi connectivity index (χ3v) is 4.33. The fraction of sp³-hybridized carbons (Fsp3) is 0. The highest BCUT2D eigenvalue weighted by atomic mass is 79.9. The number of rotatable bonds is 4. The number of nitrogens with one attached hydrogen (secondary N) is 2. The maximum Gasteiger partial charge on any atom is 0.278 e. The third-order valence-electron chi connectivity index (χ3n) is 3.86. The van der Waals surface area contributed by atoms with Crippen LogP contribution in [0.25, 0.3) is 0 Å². The van der Waals surface area contributed by atoms with E-state index in [1.54, 1.807) is 18.2 Å². The third kappa shape index (κ3) is 4.82. The Balaban J connectivity index is 1.98. The highest BCUT2D eigenvalue weighted by Gasteiger charge is 2.22. The van der Waals surface area contributed by atoms with Gasteiger partial charge >= 0.3 is 0 Å². The Morgan fingerprint density at radius 2 is 1.72 bits per heavy atom. The van der Waals surface area contributed by atoms with Crippen molar-refractivity contribution in [3.8, 4) is 0 Å². The molecular formula is C20H15BrFN5O2. The van der Waals surface area contributed by atoms with E-state index < -0.39 is 17.6 Å². The lowest BCUT2D eigenvalue weighted by atomic mass is 10.1. The van der Waals surface area contributed by atoms with Gasteiger partial charge in [-0.05, 0) is 58.4 Å². The van der Waals surface area contributed by atoms with Gasteiger partial charge < -0.3 is 5.73 Å². The fourth-order valence-electron chi connectivity index (χ4n) is 2.46. The molecule has 0 aliphatic heterocycles. The molecule has 0 saturated heterocycles. The summed E-state index contributed by atoms with van der Waals surface area (Å²) in [5.74, 6) is -1.92. The smallest absolute Gasteiger partial charge is 0.278 e. The minimum Gasteiger partial charge on any atom is -0.384 e. The SMILES string of the molecule is N=C(N)c1cccc(C(=O)N(NC(=O)c2cccc(F)c2)c2ccc(Br)cn2)c1. The monoisotopic (exact) mass is 455 g/mol. The van der Waals surface area contributed by atoms with Crippen LogP contribution in [0.5, 0.6) is 0 Å². The number of halogens is 2. The van der Waals surface area contributed by atoms with Crippen molar-refractivity contribution in [3.63, 3.8) is 0 Å². The molecule has 0 saturated carbocycles. The molecular weight excluding hydrogens is 441 g/mol. The summed E-state index contributed by atoms with van der Waals surface area (Å²) < 4.78 is 14.1. The second kappa shape index (κ2) is 8.61. The molecule has 3 rings (SSSR count). The predicted molar refractivity (Wildman–Crippen MR) is 110 cm³/mol. The Bertz CT molecular complexity index is 1090. The van der Waals surface area contributed by atoms with Crippen molar-refractivity contribution in [1.29, 1.82) is 5.41 Å². The predicted octanol–water partition coefficient (Wildman–Crippen LogP) is 3.26. The molecule has 2 aromatic carbocycles. The first-order chi connectivity index (χ1) is 13.8. The molecule has 0 unspecified atom stereocenters. The molecule has 4 N–H and O–H groups in total. The lowest BCUT2D eigenvalue weighted by Crippen LogP contribution is -2.47. The Hall–Kier alpha value is -3.59. The molecule has 0 bridgehead atoms. The van der Waals surface area contributed by atoms with E-state index in [1.165, 1.54) is 42.6 Å². The summed E-state index contributed by atoms with van der Waals surface area (Å²) in [4.78, 5) is 29.9. The van der Waals surface area contributed by atoms with Crippen LogP contribution in [-0.4, -0.2) is 22.6 Å². The topological polar surface area (TPSA) is 112 Å². The number of hydrogen-bond acceptors (Lipinski definition) is 4. The van der Waals surface area contributed by atoms with Crippen molar-refractivity contribution in [2.24, 2.45) is 5.73 Å². The van der Waals surface area contributed by atoms with E-state index in [1.807, 2.05) is 0 Å². The molecule has 9 heteroatoms. The average Bonchev–Trinajstić information content (AvgIpc) is 2.72. The molecule has 3 aromatic rings. The zero-order valence-electron chi connectivity index (χ0n) is 14.9. The molecule has 0 spiro atoms. The molecule has 0 atom stereocenters. The molecule has 146 valence electrons. The number of hydrazine groups is 1. The number of carbonyl (C=O) groups is 2. The summed E-state index contributed by atoms with van der Waals surface area (Å²) >= 11 is 3.27. The van der Waals surface area contributed by atoms with E-state index in [0.29, 0.717) is 10.0 Å². The van der Waals surface area contributed by atoms with Crippen LogP contribution in [0.15, 0.2) is 71.3 Å². The Morgan fingerprint density at radius 1 is 1.03 bits per heavy atom. The second-order valence-electron chi connectivity index (χ2n) is 5.92. The first-order valence-electron chi connectivity index (χ1n) is 8.32. The van der Waals surface area contributed by atoms with E-state index in [9.17, 15) is 14.0 Å². The molecule has 0 aliphatic rings. The van der Waals surface area contributed by atoms with E-state index in [4.69, 9.17) is 11.1 Å². The zero-order chi connectivity index (χ0) is 21.0. The van der Waals surface area contributed by atoms with Crippen LogP contribution in [0.3, 0.4) is 0 Å². The summed E-state index contributed by atoms with van der Waals surface area (Å²) in [6.07, 6.45) is 1.47. The molecule has 0 aliphatic carbocycles. The zero-order valence-corrected chi connectivity index (χ0v) is 16.5. The first kappa shape index (κ1) is 20.2. The van der Waals surface area contributed by atoms with Gasteiger partial charge in [-0.25, -0.2) is 9.37 Å². The van der Waals surface area contributed by atoms with Crippen LogP contribution < -0.4 is 16.2 Å². The number of benzene rings is 2. The van der Waals surface area contributed by atoms with Crippen molar-refractivity contribution in [2.75, 3.05) is 5.01 Å². The van der Waals surface area contributed by atoms with Gasteiger partial charge in [0.25, 0.3) is 11.8 Å². The number of amidine groups is 1. The minimum atomic E-state index is -0.690. The van der Waals surface area contributed by atoms with Crippen LogP contribution in [0.1, 0.15) is 26.3 Å². The van der Waals surface area contributed by atoms with E-state index in [0.717, 1.165) is 11.1 Å². The first-order valence-corrected chi connectivity index (χ1v) is 9.11. The van der Waals surface area contributed by atoms with E-state index in [2.05, 4.69) is 26.3 Å². The lowest BCUT2D eigenvalue weighted by Gasteiger charge is -2.22. The summed E-state index contributed by atoms with van der Waals surface area (Å²) in [7, 11) is 0. The standard InChI is InChI=1S/C20H15BrFN5O2/c21-15-7-8-17(25-11-15)27(26-19(28)13-4-2-6-16(22)10-13)20(29)14-5-1-3-12(9-14)18(23)24/h1-11H,(H3,23,24)(H,26,28). The van der Waals surface area contributed by atoms with Gasteiger partial charge in [0.05, 0.1) is 0 Å². The Labute approximate surface area is 174 Å². The van der Waals surface area contributed by atoms with Gasteiger partial charge in [0.1, 0.15) is 11.7 Å². The van der Waals surface area contributed by atoms with Gasteiger partial charge in [0.15, 0.2) is 5.82 Å². The van der Waals surface area contributed by atoms with E-state index >= 15 is 0 Å². The summed E-state index contributed by atoms with van der Waals surface area (Å²) in [5.41, 5.74) is 8.53. The molecule has 2 amide bonds. The number of nitrogens with two attached hydrogens (primary N) is 1. The number of pyridine rings is 1. The maximum absolute atomic E-state index is 13.5. The highest BCUT2D eigenvalue weighted by molar-refractivity contribution is 9.10.